The molecule has 0 unspecified atom stereocenters. The minimum atomic E-state index is -4.96. The van der Waals surface area contributed by atoms with Gasteiger partial charge >= 0.3 is 42.2 Å². The van der Waals surface area contributed by atoms with Crippen LogP contribution in [0, 0.1) is 0 Å². The number of benzene rings is 1. The number of hydrogen-bond donors (Lipinski definition) is 7. The number of carboxylic acid groups (broad SMARTS) is 6. The molecular weight excluding hydrogens is 571 g/mol. The van der Waals surface area contributed by atoms with E-state index in [4.69, 9.17) is 35.8 Å². The normalized spacial score (nSPS) is 10.7. The number of alkyl halides is 3. The van der Waals surface area contributed by atoms with E-state index in [1.54, 1.807) is 0 Å². The van der Waals surface area contributed by atoms with Crippen molar-refractivity contribution < 1.29 is 85.7 Å². The van der Waals surface area contributed by atoms with Crippen molar-refractivity contribution in [3.8, 4) is 5.75 Å². The van der Waals surface area contributed by atoms with Crippen LogP contribution in [0.5, 0.6) is 5.75 Å². The first kappa shape index (κ1) is 38.3. The van der Waals surface area contributed by atoms with Crippen molar-refractivity contribution in [1.82, 2.24) is 0 Å². The highest BCUT2D eigenvalue weighted by Crippen LogP contribution is 2.28. The molecule has 1 aromatic rings. The molecule has 39 heavy (non-hydrogen) atoms. The SMILES string of the molecule is NS(=O)(=O)c1ccccc1OC(F)(F)F.O=C(O)/C=C\C(=O)O.O=C(O)/C=C\C(=O)O.O=C(O)/C=C\C(=O)O. The van der Waals surface area contributed by atoms with Gasteiger partial charge in [0.1, 0.15) is 10.6 Å². The molecule has 0 bridgehead atoms. The molecule has 0 aliphatic heterocycles. The number of halogens is 3. The van der Waals surface area contributed by atoms with Crippen molar-refractivity contribution in [2.24, 2.45) is 5.14 Å². The van der Waals surface area contributed by atoms with Gasteiger partial charge in [0.25, 0.3) is 0 Å². The van der Waals surface area contributed by atoms with Crippen LogP contribution in [0.3, 0.4) is 0 Å². The first-order valence-electron chi connectivity index (χ1n) is 8.87. The second kappa shape index (κ2) is 18.9. The van der Waals surface area contributed by atoms with Gasteiger partial charge in [0, 0.05) is 36.5 Å². The number of hydrogen-bond acceptors (Lipinski definition) is 9. The van der Waals surface area contributed by atoms with Gasteiger partial charge in [-0.2, -0.15) is 0 Å². The molecule has 216 valence electrons. The van der Waals surface area contributed by atoms with E-state index in [0.29, 0.717) is 36.5 Å². The molecule has 0 aliphatic carbocycles. The lowest BCUT2D eigenvalue weighted by molar-refractivity contribution is -0.275. The Morgan fingerprint density at radius 2 is 0.897 bits per heavy atom. The minimum Gasteiger partial charge on any atom is -0.478 e. The third kappa shape index (κ3) is 30.7. The van der Waals surface area contributed by atoms with Gasteiger partial charge in [-0.05, 0) is 12.1 Å². The highest BCUT2D eigenvalue weighted by molar-refractivity contribution is 7.89. The van der Waals surface area contributed by atoms with Gasteiger partial charge in [0.15, 0.2) is 0 Å². The van der Waals surface area contributed by atoms with Gasteiger partial charge in [-0.1, -0.05) is 12.1 Å². The molecule has 1 aromatic carbocycles. The molecule has 0 atom stereocenters. The summed E-state index contributed by atoms with van der Waals surface area (Å²) >= 11 is 0. The Balaban J connectivity index is -0.000000469. The molecule has 0 aliphatic rings. The van der Waals surface area contributed by atoms with E-state index >= 15 is 0 Å². The molecule has 0 saturated carbocycles. The molecule has 16 nitrogen and oxygen atoms in total. The highest BCUT2D eigenvalue weighted by atomic mass is 32.2. The predicted molar refractivity (Wildman–Crippen MR) is 118 cm³/mol. The van der Waals surface area contributed by atoms with Gasteiger partial charge in [-0.25, -0.2) is 42.3 Å². The maximum Gasteiger partial charge on any atom is 0.573 e. The number of nitrogens with two attached hydrogens (primary N) is 1. The van der Waals surface area contributed by atoms with Crippen molar-refractivity contribution in [3.63, 3.8) is 0 Å². The van der Waals surface area contributed by atoms with Crippen molar-refractivity contribution in [3.05, 3.63) is 60.7 Å². The largest absolute Gasteiger partial charge is 0.573 e. The van der Waals surface area contributed by atoms with E-state index in [9.17, 15) is 50.4 Å². The summed E-state index contributed by atoms with van der Waals surface area (Å²) in [5, 5.41) is 51.6. The van der Waals surface area contributed by atoms with Crippen molar-refractivity contribution in [2.75, 3.05) is 0 Å². The average Bonchev–Trinajstić information content (AvgIpc) is 2.75. The third-order valence-corrected chi connectivity index (χ3v) is 3.44. The highest BCUT2D eigenvalue weighted by Gasteiger charge is 2.33. The average molecular weight is 589 g/mol. The fourth-order valence-corrected chi connectivity index (χ4v) is 1.98. The van der Waals surface area contributed by atoms with E-state index in [1.165, 1.54) is 12.1 Å². The Labute approximate surface area is 215 Å². The Hall–Kier alpha value is -5.24. The van der Waals surface area contributed by atoms with Gasteiger partial charge < -0.3 is 35.4 Å². The van der Waals surface area contributed by atoms with E-state index in [2.05, 4.69) is 4.74 Å². The van der Waals surface area contributed by atoms with Crippen LogP contribution in [0.4, 0.5) is 13.2 Å². The number of aliphatic carboxylic acids is 6. The van der Waals surface area contributed by atoms with Gasteiger partial charge in [0.2, 0.25) is 10.0 Å². The Morgan fingerprint density at radius 3 is 1.10 bits per heavy atom. The van der Waals surface area contributed by atoms with Crippen LogP contribution in [-0.4, -0.2) is 81.2 Å². The Kier molecular flexibility index (Phi) is 18.6. The fraction of sp³-hybridized carbons (Fsp3) is 0.0526. The van der Waals surface area contributed by atoms with Crippen LogP contribution in [0.2, 0.25) is 0 Å². The summed E-state index contributed by atoms with van der Waals surface area (Å²) in [7, 11) is -4.23. The summed E-state index contributed by atoms with van der Waals surface area (Å²) in [6.45, 7) is 0. The number of carboxylic acids is 6. The standard InChI is InChI=1S/C7H6F3NO3S.3C4H4O4/c8-7(9,10)14-5-3-1-2-4-6(5)15(11,12)13;3*5-3(6)1-2-4(7)8/h1-4H,(H2,11,12,13);3*1-2H,(H,5,6)(H,7,8)/b;3*2-1-. The molecule has 0 heterocycles. The Bertz CT molecular complexity index is 1090. The quantitative estimate of drug-likeness (QED) is 0.201. The molecule has 0 fully saturated rings. The maximum atomic E-state index is 11.9. The maximum absolute atomic E-state index is 11.9. The summed E-state index contributed by atoms with van der Waals surface area (Å²) in [5.41, 5.74) is 0. The van der Waals surface area contributed by atoms with Crippen molar-refractivity contribution in [1.29, 1.82) is 0 Å². The Morgan fingerprint density at radius 1 is 0.641 bits per heavy atom. The van der Waals surface area contributed by atoms with Crippen LogP contribution in [0.25, 0.3) is 0 Å². The first-order valence-corrected chi connectivity index (χ1v) is 10.4. The second-order valence-corrected chi connectivity index (χ2v) is 7.10. The smallest absolute Gasteiger partial charge is 0.478 e. The number of carbonyl (C=O) groups is 6. The van der Waals surface area contributed by atoms with Gasteiger partial charge in [-0.15, -0.1) is 13.2 Å². The second-order valence-electron chi connectivity index (χ2n) is 5.57. The van der Waals surface area contributed by atoms with Crippen LogP contribution >= 0.6 is 0 Å². The van der Waals surface area contributed by atoms with Crippen molar-refractivity contribution in [2.45, 2.75) is 11.3 Å². The summed E-state index contributed by atoms with van der Waals surface area (Å²) in [5.74, 6) is -8.38. The summed E-state index contributed by atoms with van der Waals surface area (Å²) in [4.78, 5) is 56.6. The lowest BCUT2D eigenvalue weighted by Crippen LogP contribution is -2.20. The molecule has 0 saturated heterocycles. The molecule has 0 spiro atoms. The van der Waals surface area contributed by atoms with E-state index < -0.39 is 62.8 Å². The van der Waals surface area contributed by atoms with Crippen molar-refractivity contribution >= 4 is 45.8 Å². The number of rotatable bonds is 8. The summed E-state index contributed by atoms with van der Waals surface area (Å²) in [6.07, 6.45) is -1.61. The molecular formula is C19H18F3NO15S. The molecule has 20 heteroatoms. The summed E-state index contributed by atoms with van der Waals surface area (Å²) < 4.78 is 60.8. The monoisotopic (exact) mass is 589 g/mol. The molecule has 0 aromatic heterocycles. The molecule has 0 radical (unpaired) electrons. The topological polar surface area (TPSA) is 293 Å². The zero-order valence-corrected chi connectivity index (χ0v) is 19.6. The molecule has 8 N–H and O–H groups in total. The predicted octanol–water partition coefficient (Wildman–Crippen LogP) is 0.368. The zero-order chi connectivity index (χ0) is 31.4. The number of primary sulfonamides is 1. The lowest BCUT2D eigenvalue weighted by atomic mass is 10.3. The van der Waals surface area contributed by atoms with E-state index in [-0.39, 0.29) is 0 Å². The third-order valence-electron chi connectivity index (χ3n) is 2.49. The lowest BCUT2D eigenvalue weighted by Gasteiger charge is -2.11. The van der Waals surface area contributed by atoms with Crippen LogP contribution < -0.4 is 9.88 Å². The van der Waals surface area contributed by atoms with Gasteiger partial charge in [-0.3, -0.25) is 0 Å². The fourth-order valence-electron chi connectivity index (χ4n) is 1.32. The molecule has 0 amide bonds. The number of sulfonamides is 1. The van der Waals surface area contributed by atoms with E-state index in [0.717, 1.165) is 12.1 Å². The zero-order valence-electron chi connectivity index (χ0n) is 18.8. The minimum absolute atomic E-state index is 0.558. The van der Waals surface area contributed by atoms with Crippen LogP contribution in [0.1, 0.15) is 0 Å². The van der Waals surface area contributed by atoms with Crippen LogP contribution in [0.15, 0.2) is 65.6 Å². The number of ether oxygens (including phenoxy) is 1. The van der Waals surface area contributed by atoms with Crippen LogP contribution in [-0.2, 0) is 38.8 Å². The van der Waals surface area contributed by atoms with E-state index in [1.807, 2.05) is 0 Å². The first-order chi connectivity index (χ1) is 17.6. The summed E-state index contributed by atoms with van der Waals surface area (Å²) in [6, 6.07) is 4.24. The van der Waals surface area contributed by atoms with Gasteiger partial charge in [0.05, 0.1) is 0 Å². The number of para-hydroxylation sites is 1. The molecule has 1 rings (SSSR count).